The summed E-state index contributed by atoms with van der Waals surface area (Å²) in [7, 11) is 0. The zero-order valence-electron chi connectivity index (χ0n) is 10.4. The normalized spacial score (nSPS) is 12.1. The minimum absolute atomic E-state index is 0.0235. The average molecular weight is 260 g/mol. The molecule has 0 saturated heterocycles. The molecule has 1 amide bonds. The first kappa shape index (κ1) is 12.6. The minimum Gasteiger partial charge on any atom is -0.399 e. The summed E-state index contributed by atoms with van der Waals surface area (Å²) in [6.45, 7) is 3.88. The van der Waals surface area contributed by atoms with Gasteiger partial charge in [-0.1, -0.05) is 6.07 Å². The Kier molecular flexibility index (Phi) is 3.67. The van der Waals surface area contributed by atoms with Gasteiger partial charge in [-0.25, -0.2) is 0 Å². The number of thiophene rings is 1. The Hall–Kier alpha value is -1.81. The van der Waals surface area contributed by atoms with Crippen LogP contribution in [0, 0.1) is 6.92 Å². The summed E-state index contributed by atoms with van der Waals surface area (Å²) in [5.74, 6) is -0.0704. The number of amides is 1. The molecule has 0 saturated carbocycles. The summed E-state index contributed by atoms with van der Waals surface area (Å²) in [4.78, 5) is 13.2. The molecule has 0 aliphatic carbocycles. The number of benzene rings is 1. The van der Waals surface area contributed by atoms with Crippen LogP contribution in [0.1, 0.15) is 33.8 Å². The smallest absolute Gasteiger partial charge is 0.251 e. The van der Waals surface area contributed by atoms with Gasteiger partial charge in [-0.05, 0) is 49.1 Å². The molecule has 0 radical (unpaired) electrons. The number of hydrogen-bond donors (Lipinski definition) is 2. The monoisotopic (exact) mass is 260 g/mol. The fourth-order valence-electron chi connectivity index (χ4n) is 1.71. The van der Waals surface area contributed by atoms with E-state index in [0.717, 1.165) is 10.4 Å². The van der Waals surface area contributed by atoms with Crippen LogP contribution in [0.25, 0.3) is 0 Å². The van der Waals surface area contributed by atoms with Crippen molar-refractivity contribution < 1.29 is 4.79 Å². The first-order valence-electron chi connectivity index (χ1n) is 5.78. The Morgan fingerprint density at radius 3 is 2.78 bits per heavy atom. The Bertz CT molecular complexity index is 549. The molecule has 0 aliphatic heterocycles. The highest BCUT2D eigenvalue weighted by Gasteiger charge is 2.12. The molecule has 1 unspecified atom stereocenters. The lowest BCUT2D eigenvalue weighted by Crippen LogP contribution is -2.26. The maximum atomic E-state index is 12.1. The highest BCUT2D eigenvalue weighted by molar-refractivity contribution is 7.10. The summed E-state index contributed by atoms with van der Waals surface area (Å²) < 4.78 is 0. The van der Waals surface area contributed by atoms with Crippen LogP contribution in [-0.2, 0) is 0 Å². The molecule has 1 atom stereocenters. The van der Waals surface area contributed by atoms with E-state index < -0.39 is 0 Å². The molecule has 1 aromatic heterocycles. The molecule has 18 heavy (non-hydrogen) atoms. The Balaban J connectivity index is 2.10. The van der Waals surface area contributed by atoms with Crippen LogP contribution >= 0.6 is 11.3 Å². The molecular formula is C14H16N2OS. The van der Waals surface area contributed by atoms with Crippen LogP contribution in [0.2, 0.25) is 0 Å². The van der Waals surface area contributed by atoms with Crippen molar-refractivity contribution >= 4 is 22.9 Å². The van der Waals surface area contributed by atoms with Gasteiger partial charge in [0.2, 0.25) is 0 Å². The van der Waals surface area contributed by atoms with E-state index in [1.54, 1.807) is 23.5 Å². The van der Waals surface area contributed by atoms with Crippen molar-refractivity contribution in [2.24, 2.45) is 0 Å². The summed E-state index contributed by atoms with van der Waals surface area (Å²) in [5.41, 5.74) is 8.01. The van der Waals surface area contributed by atoms with Crippen LogP contribution in [0.15, 0.2) is 35.7 Å². The van der Waals surface area contributed by atoms with Crippen molar-refractivity contribution in [2.75, 3.05) is 5.73 Å². The van der Waals surface area contributed by atoms with E-state index in [1.807, 2.05) is 37.4 Å². The van der Waals surface area contributed by atoms with E-state index in [-0.39, 0.29) is 11.9 Å². The number of rotatable bonds is 3. The van der Waals surface area contributed by atoms with Crippen molar-refractivity contribution in [2.45, 2.75) is 19.9 Å². The molecule has 94 valence electrons. The van der Waals surface area contributed by atoms with E-state index in [2.05, 4.69) is 5.32 Å². The third-order valence-electron chi connectivity index (χ3n) is 2.85. The summed E-state index contributed by atoms with van der Waals surface area (Å²) >= 11 is 1.64. The average Bonchev–Trinajstić information content (AvgIpc) is 2.86. The highest BCUT2D eigenvalue weighted by atomic mass is 32.1. The van der Waals surface area contributed by atoms with Gasteiger partial charge < -0.3 is 11.1 Å². The van der Waals surface area contributed by atoms with Crippen molar-refractivity contribution in [1.82, 2.24) is 5.32 Å². The highest BCUT2D eigenvalue weighted by Crippen LogP contribution is 2.19. The van der Waals surface area contributed by atoms with Gasteiger partial charge >= 0.3 is 0 Å². The van der Waals surface area contributed by atoms with Gasteiger partial charge in [-0.3, -0.25) is 4.79 Å². The van der Waals surface area contributed by atoms with Gasteiger partial charge in [-0.15, -0.1) is 11.3 Å². The van der Waals surface area contributed by atoms with Crippen molar-refractivity contribution in [3.63, 3.8) is 0 Å². The second-order valence-electron chi connectivity index (χ2n) is 4.28. The van der Waals surface area contributed by atoms with Crippen molar-refractivity contribution in [1.29, 1.82) is 0 Å². The number of anilines is 1. The molecule has 0 fully saturated rings. The fourth-order valence-corrected chi connectivity index (χ4v) is 2.44. The molecule has 1 aromatic carbocycles. The molecule has 0 bridgehead atoms. The molecule has 1 heterocycles. The fraction of sp³-hybridized carbons (Fsp3) is 0.214. The number of nitrogens with two attached hydrogens (primary N) is 1. The molecule has 2 rings (SSSR count). The molecule has 3 N–H and O–H groups in total. The largest absolute Gasteiger partial charge is 0.399 e. The topological polar surface area (TPSA) is 55.1 Å². The summed E-state index contributed by atoms with van der Waals surface area (Å²) in [5, 5.41) is 4.98. The number of nitrogens with one attached hydrogen (secondary N) is 1. The van der Waals surface area contributed by atoms with Gasteiger partial charge in [0.1, 0.15) is 0 Å². The van der Waals surface area contributed by atoms with Crippen molar-refractivity contribution in [3.05, 3.63) is 51.7 Å². The van der Waals surface area contributed by atoms with Gasteiger partial charge in [0.05, 0.1) is 6.04 Å². The predicted octanol–water partition coefficient (Wildman–Crippen LogP) is 3.13. The number of aryl methyl sites for hydroxylation is 1. The Morgan fingerprint density at radius 1 is 1.39 bits per heavy atom. The first-order valence-corrected chi connectivity index (χ1v) is 6.66. The van der Waals surface area contributed by atoms with Crippen LogP contribution < -0.4 is 11.1 Å². The number of carbonyl (C=O) groups is 1. The molecule has 0 aliphatic rings. The Labute approximate surface area is 111 Å². The quantitative estimate of drug-likeness (QED) is 0.833. The van der Waals surface area contributed by atoms with Gasteiger partial charge in [-0.2, -0.15) is 0 Å². The summed E-state index contributed by atoms with van der Waals surface area (Å²) in [6, 6.07) is 9.35. The third-order valence-corrected chi connectivity index (χ3v) is 3.90. The van der Waals surface area contributed by atoms with E-state index in [4.69, 9.17) is 5.73 Å². The second-order valence-corrected chi connectivity index (χ2v) is 5.26. The van der Waals surface area contributed by atoms with Gasteiger partial charge in [0.15, 0.2) is 0 Å². The van der Waals surface area contributed by atoms with Gasteiger partial charge in [0.25, 0.3) is 5.91 Å². The summed E-state index contributed by atoms with van der Waals surface area (Å²) in [6.07, 6.45) is 0. The zero-order chi connectivity index (χ0) is 13.1. The Morgan fingerprint density at radius 2 is 2.17 bits per heavy atom. The van der Waals surface area contributed by atoms with Gasteiger partial charge in [0, 0.05) is 16.1 Å². The van der Waals surface area contributed by atoms with E-state index >= 15 is 0 Å². The lowest BCUT2D eigenvalue weighted by Gasteiger charge is -2.12. The van der Waals surface area contributed by atoms with Crippen molar-refractivity contribution in [3.8, 4) is 0 Å². The van der Waals surface area contributed by atoms with Crippen LogP contribution in [0.4, 0.5) is 5.69 Å². The molecule has 2 aromatic rings. The SMILES string of the molecule is Cc1cc(C(=O)NC(C)c2cccs2)ccc1N. The lowest BCUT2D eigenvalue weighted by atomic mass is 10.1. The van der Waals surface area contributed by atoms with E-state index in [0.29, 0.717) is 11.3 Å². The molecule has 4 heteroatoms. The first-order chi connectivity index (χ1) is 8.58. The maximum Gasteiger partial charge on any atom is 0.251 e. The van der Waals surface area contributed by atoms with E-state index in [1.165, 1.54) is 0 Å². The third kappa shape index (κ3) is 2.71. The maximum absolute atomic E-state index is 12.1. The van der Waals surface area contributed by atoms with E-state index in [9.17, 15) is 4.79 Å². The molecule has 3 nitrogen and oxygen atoms in total. The molecule has 0 spiro atoms. The number of hydrogen-bond acceptors (Lipinski definition) is 3. The van der Waals surface area contributed by atoms with Crippen LogP contribution in [-0.4, -0.2) is 5.91 Å². The number of carbonyl (C=O) groups excluding carboxylic acids is 1. The minimum atomic E-state index is -0.0704. The number of nitrogen functional groups attached to an aromatic ring is 1. The molecular weight excluding hydrogens is 244 g/mol. The zero-order valence-corrected chi connectivity index (χ0v) is 11.3. The lowest BCUT2D eigenvalue weighted by molar-refractivity contribution is 0.0940. The predicted molar refractivity (Wildman–Crippen MR) is 75.8 cm³/mol. The van der Waals surface area contributed by atoms with Crippen LogP contribution in [0.3, 0.4) is 0 Å². The second kappa shape index (κ2) is 5.23. The van der Waals surface area contributed by atoms with Crippen LogP contribution in [0.5, 0.6) is 0 Å². The standard InChI is InChI=1S/C14H16N2OS/c1-9-8-11(5-6-12(9)15)14(17)16-10(2)13-4-3-7-18-13/h3-8,10H,15H2,1-2H3,(H,16,17).